The van der Waals surface area contributed by atoms with Gasteiger partial charge in [-0.3, -0.25) is 9.36 Å². The van der Waals surface area contributed by atoms with Crippen LogP contribution < -0.4 is 19.6 Å². The van der Waals surface area contributed by atoms with Crippen LogP contribution in [0.25, 0.3) is 11.8 Å². The highest BCUT2D eigenvalue weighted by atomic mass is 32.1. The van der Waals surface area contributed by atoms with E-state index in [2.05, 4.69) is 5.92 Å². The molecule has 5 rings (SSSR count). The summed E-state index contributed by atoms with van der Waals surface area (Å²) in [7, 11) is 0. The van der Waals surface area contributed by atoms with Crippen LogP contribution >= 0.6 is 22.7 Å². The Morgan fingerprint density at radius 3 is 2.73 bits per heavy atom. The summed E-state index contributed by atoms with van der Waals surface area (Å²) in [6.07, 6.45) is 7.10. The molecule has 0 spiro atoms. The zero-order chi connectivity index (χ0) is 25.8. The van der Waals surface area contributed by atoms with Crippen LogP contribution in [0, 0.1) is 12.3 Å². The summed E-state index contributed by atoms with van der Waals surface area (Å²) in [4.78, 5) is 33.4. The van der Waals surface area contributed by atoms with E-state index < -0.39 is 12.0 Å². The van der Waals surface area contributed by atoms with Gasteiger partial charge in [-0.25, -0.2) is 9.79 Å². The van der Waals surface area contributed by atoms with Crippen LogP contribution in [0.5, 0.6) is 5.75 Å². The highest BCUT2D eigenvalue weighted by Crippen LogP contribution is 2.36. The molecule has 2 aromatic carbocycles. The quantitative estimate of drug-likeness (QED) is 0.270. The van der Waals surface area contributed by atoms with Crippen molar-refractivity contribution in [2.75, 3.05) is 13.2 Å². The molecule has 1 atom stereocenters. The number of carbonyl (C=O) groups excluding carboxylic acids is 1. The third-order valence-corrected chi connectivity index (χ3v) is 7.57. The first kappa shape index (κ1) is 24.5. The average Bonchev–Trinajstić information content (AvgIpc) is 3.56. The van der Waals surface area contributed by atoms with Crippen molar-refractivity contribution in [2.24, 2.45) is 4.99 Å². The molecule has 2 aromatic heterocycles. The van der Waals surface area contributed by atoms with Crippen LogP contribution in [0.15, 0.2) is 87.5 Å². The second-order valence-corrected chi connectivity index (χ2v) is 10.0. The molecule has 37 heavy (non-hydrogen) atoms. The van der Waals surface area contributed by atoms with E-state index in [0.29, 0.717) is 26.4 Å². The zero-order valence-corrected chi connectivity index (χ0v) is 21.6. The van der Waals surface area contributed by atoms with Gasteiger partial charge >= 0.3 is 5.97 Å². The molecule has 1 aliphatic heterocycles. The molecule has 0 amide bonds. The predicted molar refractivity (Wildman–Crippen MR) is 146 cm³/mol. The standard InChI is InChI=1S/C29H22N2O4S2/c1-3-15-35-21-13-8-10-19(17-21)18-23-27(32)31-26(22-14-9-16-36-22)24(28(33)34-4-2)25(30-29(31)37-23)20-11-6-5-7-12-20/h1,5-14,16-18,26H,4,15H2,2H3/b23-18-/t26-/m1/s1. The van der Waals surface area contributed by atoms with E-state index in [4.69, 9.17) is 20.9 Å². The lowest BCUT2D eigenvalue weighted by Crippen LogP contribution is -2.39. The van der Waals surface area contributed by atoms with Crippen LogP contribution in [-0.2, 0) is 9.53 Å². The lowest BCUT2D eigenvalue weighted by Gasteiger charge is -2.24. The number of nitrogens with zero attached hydrogens (tertiary/aromatic N) is 2. The Bertz CT molecular complexity index is 1690. The molecule has 0 N–H and O–H groups in total. The number of rotatable bonds is 7. The Labute approximate surface area is 221 Å². The molecule has 0 fully saturated rings. The molecule has 0 saturated heterocycles. The Balaban J connectivity index is 1.74. The summed E-state index contributed by atoms with van der Waals surface area (Å²) in [5.74, 6) is 2.58. The largest absolute Gasteiger partial charge is 0.481 e. The van der Waals surface area contributed by atoms with Gasteiger partial charge in [0.1, 0.15) is 18.4 Å². The normalized spacial score (nSPS) is 15.0. The second kappa shape index (κ2) is 10.8. The number of terminal acetylenes is 1. The molecule has 0 saturated carbocycles. The fourth-order valence-corrected chi connectivity index (χ4v) is 5.95. The zero-order valence-electron chi connectivity index (χ0n) is 19.9. The van der Waals surface area contributed by atoms with Crippen molar-refractivity contribution in [1.29, 1.82) is 0 Å². The highest BCUT2D eigenvalue weighted by Gasteiger charge is 2.35. The number of thiazole rings is 1. The first-order valence-corrected chi connectivity index (χ1v) is 13.3. The SMILES string of the molecule is C#CCOc1cccc(/C=c2\sc3n(c2=O)[C@H](c2cccs2)C(C(=O)OCC)=C(c2ccccc2)N=3)c1. The van der Waals surface area contributed by atoms with E-state index in [1.807, 2.05) is 72.1 Å². The maximum atomic E-state index is 13.8. The van der Waals surface area contributed by atoms with Gasteiger partial charge < -0.3 is 9.47 Å². The van der Waals surface area contributed by atoms with Gasteiger partial charge in [-0.1, -0.05) is 65.8 Å². The summed E-state index contributed by atoms with van der Waals surface area (Å²) >= 11 is 2.76. The Morgan fingerprint density at radius 2 is 2.00 bits per heavy atom. The van der Waals surface area contributed by atoms with Crippen molar-refractivity contribution < 1.29 is 14.3 Å². The lowest BCUT2D eigenvalue weighted by atomic mass is 9.97. The highest BCUT2D eigenvalue weighted by molar-refractivity contribution is 7.10. The van der Waals surface area contributed by atoms with Gasteiger partial charge in [0.25, 0.3) is 5.56 Å². The van der Waals surface area contributed by atoms with Gasteiger partial charge in [0.2, 0.25) is 0 Å². The summed E-state index contributed by atoms with van der Waals surface area (Å²) in [5.41, 5.74) is 2.20. The minimum Gasteiger partial charge on any atom is -0.481 e. The molecule has 1 aliphatic rings. The van der Waals surface area contributed by atoms with Crippen molar-refractivity contribution >= 4 is 40.4 Å². The van der Waals surface area contributed by atoms with E-state index in [9.17, 15) is 9.59 Å². The van der Waals surface area contributed by atoms with Crippen LogP contribution in [0.4, 0.5) is 0 Å². The number of thiophene rings is 1. The number of benzene rings is 2. The van der Waals surface area contributed by atoms with Gasteiger partial charge in [0, 0.05) is 10.4 Å². The first-order valence-electron chi connectivity index (χ1n) is 11.6. The lowest BCUT2D eigenvalue weighted by molar-refractivity contribution is -0.138. The minimum absolute atomic E-state index is 0.158. The van der Waals surface area contributed by atoms with Crippen molar-refractivity contribution in [3.05, 3.63) is 113 Å². The maximum absolute atomic E-state index is 13.8. The Morgan fingerprint density at radius 1 is 1.16 bits per heavy atom. The molecular formula is C29H22N2O4S2. The Kier molecular flexibility index (Phi) is 7.17. The molecule has 0 bridgehead atoms. The summed E-state index contributed by atoms with van der Waals surface area (Å²) in [5, 5.41) is 1.93. The molecule has 4 aromatic rings. The van der Waals surface area contributed by atoms with Crippen LogP contribution in [0.2, 0.25) is 0 Å². The van der Waals surface area contributed by atoms with E-state index in [1.165, 1.54) is 22.7 Å². The molecule has 0 radical (unpaired) electrons. The fraction of sp³-hybridized carbons (Fsp3) is 0.138. The summed E-state index contributed by atoms with van der Waals surface area (Å²) < 4.78 is 13.1. The molecular weight excluding hydrogens is 504 g/mol. The monoisotopic (exact) mass is 526 g/mol. The molecule has 184 valence electrons. The average molecular weight is 527 g/mol. The van der Waals surface area contributed by atoms with Gasteiger partial charge in [-0.15, -0.1) is 17.8 Å². The number of hydrogen-bond acceptors (Lipinski definition) is 7. The molecule has 6 nitrogen and oxygen atoms in total. The van der Waals surface area contributed by atoms with Crippen LogP contribution in [0.3, 0.4) is 0 Å². The van der Waals surface area contributed by atoms with Gasteiger partial charge in [-0.05, 0) is 42.1 Å². The third-order valence-electron chi connectivity index (χ3n) is 5.66. The maximum Gasteiger partial charge on any atom is 0.338 e. The third kappa shape index (κ3) is 4.92. The number of fused-ring (bicyclic) bond motifs is 1. The number of ether oxygens (including phenoxy) is 2. The molecule has 0 aliphatic carbocycles. The topological polar surface area (TPSA) is 69.9 Å². The predicted octanol–water partition coefficient (Wildman–Crippen LogP) is 4.01. The minimum atomic E-state index is -0.655. The van der Waals surface area contributed by atoms with E-state index in [1.54, 1.807) is 17.6 Å². The van der Waals surface area contributed by atoms with Gasteiger partial charge in [-0.2, -0.15) is 0 Å². The smallest absolute Gasteiger partial charge is 0.338 e. The number of esters is 1. The molecule has 0 unspecified atom stereocenters. The van der Waals surface area contributed by atoms with Crippen molar-refractivity contribution in [3.63, 3.8) is 0 Å². The van der Waals surface area contributed by atoms with Crippen LogP contribution in [-0.4, -0.2) is 23.8 Å². The molecule has 8 heteroatoms. The summed E-state index contributed by atoms with van der Waals surface area (Å²) in [6.45, 7) is 2.13. The van der Waals surface area contributed by atoms with Gasteiger partial charge in [0.05, 0.1) is 22.4 Å². The van der Waals surface area contributed by atoms with Crippen LogP contribution in [0.1, 0.15) is 29.0 Å². The van der Waals surface area contributed by atoms with E-state index in [-0.39, 0.29) is 18.8 Å². The number of aromatic nitrogens is 1. The van der Waals surface area contributed by atoms with Crippen molar-refractivity contribution in [3.8, 4) is 18.1 Å². The van der Waals surface area contributed by atoms with Crippen molar-refractivity contribution in [2.45, 2.75) is 13.0 Å². The number of hydrogen-bond donors (Lipinski definition) is 0. The van der Waals surface area contributed by atoms with Gasteiger partial charge in [0.15, 0.2) is 4.80 Å². The van der Waals surface area contributed by atoms with E-state index >= 15 is 0 Å². The second-order valence-electron chi connectivity index (χ2n) is 8.01. The van der Waals surface area contributed by atoms with Crippen molar-refractivity contribution in [1.82, 2.24) is 4.57 Å². The Hall–Kier alpha value is -4.19. The van der Waals surface area contributed by atoms with E-state index in [0.717, 1.165) is 16.0 Å². The number of carbonyl (C=O) groups is 1. The fourth-order valence-electron chi connectivity index (χ4n) is 4.13. The molecule has 3 heterocycles. The first-order chi connectivity index (χ1) is 18.1. The summed E-state index contributed by atoms with van der Waals surface area (Å²) in [6, 6.07) is 20.0.